The Morgan fingerprint density at radius 1 is 1.33 bits per heavy atom. The molecule has 1 rings (SSSR count). The van der Waals surface area contributed by atoms with Gasteiger partial charge in [0.1, 0.15) is 0 Å². The zero-order valence-electron chi connectivity index (χ0n) is 10.7. The Hall–Kier alpha value is -1.30. The van der Waals surface area contributed by atoms with Crippen LogP contribution < -0.4 is 10.1 Å². The van der Waals surface area contributed by atoms with E-state index < -0.39 is 12.8 Å². The lowest BCUT2D eigenvalue weighted by molar-refractivity contribution is -0.154. The Morgan fingerprint density at radius 2 is 2.00 bits per heavy atom. The van der Waals surface area contributed by atoms with Crippen LogP contribution >= 0.6 is 0 Å². The lowest BCUT2D eigenvalue weighted by Crippen LogP contribution is -2.22. The summed E-state index contributed by atoms with van der Waals surface area (Å²) in [6, 6.07) is 1.83. The van der Waals surface area contributed by atoms with Crippen molar-refractivity contribution in [3.05, 3.63) is 22.9 Å². The smallest absolute Gasteiger partial charge is 0.422 e. The van der Waals surface area contributed by atoms with E-state index in [9.17, 15) is 13.2 Å². The Labute approximate surface area is 104 Å². The first kappa shape index (κ1) is 14.8. The molecule has 6 heteroatoms. The molecular formula is C12H17F3N2O. The summed E-state index contributed by atoms with van der Waals surface area (Å²) < 4.78 is 41.3. The summed E-state index contributed by atoms with van der Waals surface area (Å²) in [6.45, 7) is 5.34. The minimum Gasteiger partial charge on any atom is -0.468 e. The molecule has 0 fully saturated rings. The van der Waals surface area contributed by atoms with Gasteiger partial charge in [-0.3, -0.25) is 0 Å². The number of aryl methyl sites for hydroxylation is 2. The predicted octanol–water partition coefficient (Wildman–Crippen LogP) is 2.75. The highest BCUT2D eigenvalue weighted by atomic mass is 19.4. The van der Waals surface area contributed by atoms with Gasteiger partial charge in [-0.2, -0.15) is 13.2 Å². The Balaban J connectivity index is 2.92. The van der Waals surface area contributed by atoms with Crippen LogP contribution in [0, 0.1) is 13.8 Å². The third-order valence-corrected chi connectivity index (χ3v) is 2.36. The summed E-state index contributed by atoms with van der Waals surface area (Å²) in [4.78, 5) is 4.03. The quantitative estimate of drug-likeness (QED) is 0.886. The number of aromatic nitrogens is 1. The number of alkyl halides is 3. The summed E-state index contributed by atoms with van der Waals surface area (Å²) in [5, 5.41) is 3.06. The van der Waals surface area contributed by atoms with Crippen LogP contribution in [0.25, 0.3) is 0 Å². The molecule has 1 aromatic heterocycles. The molecule has 0 aliphatic carbocycles. The van der Waals surface area contributed by atoms with E-state index >= 15 is 0 Å². The normalized spacial score (nSPS) is 11.7. The first-order valence-electron chi connectivity index (χ1n) is 5.71. The molecule has 1 heterocycles. The highest BCUT2D eigenvalue weighted by molar-refractivity contribution is 5.35. The number of ether oxygens (including phenoxy) is 1. The Morgan fingerprint density at radius 3 is 2.56 bits per heavy atom. The van der Waals surface area contributed by atoms with E-state index in [4.69, 9.17) is 4.74 Å². The van der Waals surface area contributed by atoms with Gasteiger partial charge in [-0.25, -0.2) is 4.98 Å². The Kier molecular flexibility index (Phi) is 4.95. The van der Waals surface area contributed by atoms with Gasteiger partial charge in [0.15, 0.2) is 6.61 Å². The molecule has 3 nitrogen and oxygen atoms in total. The summed E-state index contributed by atoms with van der Waals surface area (Å²) in [5.74, 6) is 0.0609. The fourth-order valence-electron chi connectivity index (χ4n) is 1.56. The van der Waals surface area contributed by atoms with E-state index in [1.54, 1.807) is 6.92 Å². The van der Waals surface area contributed by atoms with Crippen LogP contribution in [0.15, 0.2) is 6.07 Å². The molecule has 0 saturated carbocycles. The van der Waals surface area contributed by atoms with Gasteiger partial charge in [0.25, 0.3) is 0 Å². The van der Waals surface area contributed by atoms with Crippen molar-refractivity contribution in [3.63, 3.8) is 0 Å². The molecule has 0 radical (unpaired) electrons. The van der Waals surface area contributed by atoms with Gasteiger partial charge in [-0.1, -0.05) is 6.92 Å². The highest BCUT2D eigenvalue weighted by Gasteiger charge is 2.29. The second kappa shape index (κ2) is 6.04. The summed E-state index contributed by atoms with van der Waals surface area (Å²) in [7, 11) is 0. The molecular weight excluding hydrogens is 245 g/mol. The largest absolute Gasteiger partial charge is 0.468 e. The molecule has 0 aliphatic rings. The van der Waals surface area contributed by atoms with Crippen LogP contribution in [0.2, 0.25) is 0 Å². The van der Waals surface area contributed by atoms with Gasteiger partial charge in [0.05, 0.1) is 0 Å². The number of pyridine rings is 1. The molecule has 0 bridgehead atoms. The van der Waals surface area contributed by atoms with Crippen molar-refractivity contribution in [2.45, 2.75) is 33.5 Å². The van der Waals surface area contributed by atoms with Crippen LogP contribution in [-0.2, 0) is 6.54 Å². The van der Waals surface area contributed by atoms with Crippen molar-refractivity contribution in [1.29, 1.82) is 0 Å². The molecule has 0 aromatic carbocycles. The molecule has 0 unspecified atom stereocenters. The number of nitrogens with zero attached hydrogens (tertiary/aromatic N) is 1. The highest BCUT2D eigenvalue weighted by Crippen LogP contribution is 2.23. The van der Waals surface area contributed by atoms with Gasteiger partial charge < -0.3 is 10.1 Å². The maximum absolute atomic E-state index is 12.2. The van der Waals surface area contributed by atoms with Crippen molar-refractivity contribution < 1.29 is 17.9 Å². The monoisotopic (exact) mass is 262 g/mol. The number of rotatable bonds is 5. The minimum absolute atomic E-state index is 0.0609. The van der Waals surface area contributed by atoms with Gasteiger partial charge in [0, 0.05) is 17.8 Å². The molecule has 1 aromatic rings. The SMILES string of the molecule is CCNCc1c(C)cc(C)nc1OCC(F)(F)F. The number of hydrogen-bond acceptors (Lipinski definition) is 3. The van der Waals surface area contributed by atoms with E-state index in [0.717, 1.165) is 12.1 Å². The topological polar surface area (TPSA) is 34.2 Å². The molecule has 102 valence electrons. The third-order valence-electron chi connectivity index (χ3n) is 2.36. The van der Waals surface area contributed by atoms with Crippen molar-refractivity contribution >= 4 is 0 Å². The van der Waals surface area contributed by atoms with Crippen molar-refractivity contribution in [2.75, 3.05) is 13.2 Å². The lowest BCUT2D eigenvalue weighted by Gasteiger charge is -2.15. The van der Waals surface area contributed by atoms with Crippen molar-refractivity contribution in [1.82, 2.24) is 10.3 Å². The van der Waals surface area contributed by atoms with Crippen LogP contribution in [0.1, 0.15) is 23.7 Å². The summed E-state index contributed by atoms with van der Waals surface area (Å²) in [6.07, 6.45) is -4.35. The molecule has 0 amide bonds. The Bertz CT molecular complexity index is 405. The second-order valence-electron chi connectivity index (χ2n) is 4.05. The average molecular weight is 262 g/mol. The van der Waals surface area contributed by atoms with Crippen LogP contribution in [0.5, 0.6) is 5.88 Å². The van der Waals surface area contributed by atoms with E-state index in [1.165, 1.54) is 0 Å². The molecule has 18 heavy (non-hydrogen) atoms. The van der Waals surface area contributed by atoms with Gasteiger partial charge in [0.2, 0.25) is 5.88 Å². The van der Waals surface area contributed by atoms with Crippen LogP contribution in [0.3, 0.4) is 0 Å². The standard InChI is InChI=1S/C12H17F3N2O/c1-4-16-6-10-8(2)5-9(3)17-11(10)18-7-12(13,14)15/h5,16H,4,6-7H2,1-3H3. The fraction of sp³-hybridized carbons (Fsp3) is 0.583. The summed E-state index contributed by atoms with van der Waals surface area (Å²) in [5.41, 5.74) is 2.19. The molecule has 0 spiro atoms. The fourth-order valence-corrected chi connectivity index (χ4v) is 1.56. The number of nitrogens with one attached hydrogen (secondary N) is 1. The third kappa shape index (κ3) is 4.52. The zero-order valence-corrected chi connectivity index (χ0v) is 10.7. The van der Waals surface area contributed by atoms with Crippen LogP contribution in [-0.4, -0.2) is 24.3 Å². The molecule has 0 saturated heterocycles. The average Bonchev–Trinajstić information content (AvgIpc) is 2.23. The molecule has 0 atom stereocenters. The summed E-state index contributed by atoms with van der Waals surface area (Å²) >= 11 is 0. The predicted molar refractivity (Wildman–Crippen MR) is 62.6 cm³/mol. The molecule has 0 aliphatic heterocycles. The second-order valence-corrected chi connectivity index (χ2v) is 4.05. The number of hydrogen-bond donors (Lipinski definition) is 1. The first-order chi connectivity index (χ1) is 8.33. The van der Waals surface area contributed by atoms with Crippen LogP contribution in [0.4, 0.5) is 13.2 Å². The zero-order chi connectivity index (χ0) is 13.8. The maximum Gasteiger partial charge on any atom is 0.422 e. The minimum atomic E-state index is -4.35. The number of halogens is 3. The van der Waals surface area contributed by atoms with E-state index in [0.29, 0.717) is 17.8 Å². The van der Waals surface area contributed by atoms with E-state index in [1.807, 2.05) is 19.9 Å². The van der Waals surface area contributed by atoms with Crippen molar-refractivity contribution in [2.24, 2.45) is 0 Å². The van der Waals surface area contributed by atoms with Gasteiger partial charge in [-0.05, 0) is 32.0 Å². The first-order valence-corrected chi connectivity index (χ1v) is 5.71. The lowest BCUT2D eigenvalue weighted by atomic mass is 10.1. The maximum atomic E-state index is 12.2. The van der Waals surface area contributed by atoms with E-state index in [-0.39, 0.29) is 5.88 Å². The van der Waals surface area contributed by atoms with E-state index in [2.05, 4.69) is 10.3 Å². The van der Waals surface area contributed by atoms with Crippen molar-refractivity contribution in [3.8, 4) is 5.88 Å². The molecule has 1 N–H and O–H groups in total. The van der Waals surface area contributed by atoms with Gasteiger partial charge in [-0.15, -0.1) is 0 Å². The van der Waals surface area contributed by atoms with Gasteiger partial charge >= 0.3 is 6.18 Å².